The molecule has 0 unspecified atom stereocenters. The number of para-hydroxylation sites is 1. The summed E-state index contributed by atoms with van der Waals surface area (Å²) in [5.74, 6) is -2.13. The van der Waals surface area contributed by atoms with E-state index < -0.39 is 24.3 Å². The number of amides is 1. The second-order valence-corrected chi connectivity index (χ2v) is 7.40. The Morgan fingerprint density at radius 2 is 2.04 bits per heavy atom. The minimum absolute atomic E-state index is 0.171. The van der Waals surface area contributed by atoms with Crippen LogP contribution in [-0.2, 0) is 9.53 Å². The maximum Gasteiger partial charge on any atom is 0.341 e. The van der Waals surface area contributed by atoms with Crippen molar-refractivity contribution in [2.75, 3.05) is 13.7 Å². The third kappa shape index (κ3) is 4.26. The fraction of sp³-hybridized carbons (Fsp3) is 0.211. The summed E-state index contributed by atoms with van der Waals surface area (Å²) in [7, 11) is 1.61. The lowest BCUT2D eigenvalue weighted by atomic mass is 10.2. The normalized spacial score (nSPS) is 12.0. The molecule has 0 saturated carbocycles. The predicted molar refractivity (Wildman–Crippen MR) is 102 cm³/mol. The number of ether oxygens (including phenoxy) is 1. The first kappa shape index (κ1) is 19.3. The summed E-state index contributed by atoms with van der Waals surface area (Å²) in [5, 5.41) is 0.951. The molecule has 0 saturated heterocycles. The van der Waals surface area contributed by atoms with Gasteiger partial charge in [-0.3, -0.25) is 4.79 Å². The van der Waals surface area contributed by atoms with Crippen molar-refractivity contribution >= 4 is 45.0 Å². The Kier molecular flexibility index (Phi) is 5.72. The van der Waals surface area contributed by atoms with Gasteiger partial charge in [0, 0.05) is 12.1 Å². The monoisotopic (exact) mass is 406 g/mol. The lowest BCUT2D eigenvalue weighted by molar-refractivity contribution is -0.135. The molecule has 0 bridgehead atoms. The number of carbonyl (C=O) groups is 2. The van der Waals surface area contributed by atoms with Crippen LogP contribution in [-0.4, -0.2) is 35.4 Å². The van der Waals surface area contributed by atoms with Crippen LogP contribution >= 0.6 is 22.9 Å². The highest BCUT2D eigenvalue weighted by Gasteiger charge is 2.22. The SMILES string of the molecule is C[C@@H](c1nc2ccccc2s1)N(C)C(=O)COC(=O)c1ccc(Cl)cc1F. The van der Waals surface area contributed by atoms with Gasteiger partial charge in [-0.1, -0.05) is 23.7 Å². The predicted octanol–water partition coefficient (Wildman–Crippen LogP) is 4.47. The summed E-state index contributed by atoms with van der Waals surface area (Å²) in [6, 6.07) is 11.0. The Morgan fingerprint density at radius 3 is 2.74 bits per heavy atom. The molecule has 3 rings (SSSR count). The van der Waals surface area contributed by atoms with Gasteiger partial charge in [0.25, 0.3) is 5.91 Å². The van der Waals surface area contributed by atoms with Crippen molar-refractivity contribution in [2.24, 2.45) is 0 Å². The summed E-state index contributed by atoms with van der Waals surface area (Å²) in [6.45, 7) is 1.35. The van der Waals surface area contributed by atoms with E-state index in [4.69, 9.17) is 16.3 Å². The number of carbonyl (C=O) groups excluding carboxylic acids is 2. The van der Waals surface area contributed by atoms with Gasteiger partial charge < -0.3 is 9.64 Å². The molecule has 0 N–H and O–H groups in total. The number of hydrogen-bond donors (Lipinski definition) is 0. The average Bonchev–Trinajstić information content (AvgIpc) is 3.08. The molecule has 5 nitrogen and oxygen atoms in total. The lowest BCUT2D eigenvalue weighted by Gasteiger charge is -2.23. The van der Waals surface area contributed by atoms with Gasteiger partial charge >= 0.3 is 5.97 Å². The van der Waals surface area contributed by atoms with Gasteiger partial charge in [0.1, 0.15) is 10.8 Å². The minimum atomic E-state index is -0.918. The van der Waals surface area contributed by atoms with Crippen LogP contribution in [0.5, 0.6) is 0 Å². The fourth-order valence-electron chi connectivity index (χ4n) is 2.41. The van der Waals surface area contributed by atoms with Crippen LogP contribution in [0.2, 0.25) is 5.02 Å². The van der Waals surface area contributed by atoms with Crippen molar-refractivity contribution in [3.8, 4) is 0 Å². The van der Waals surface area contributed by atoms with E-state index in [1.807, 2.05) is 31.2 Å². The Hall–Kier alpha value is -2.51. The molecule has 0 aliphatic rings. The number of thiazole rings is 1. The highest BCUT2D eigenvalue weighted by Crippen LogP contribution is 2.28. The molecule has 1 aromatic heterocycles. The third-order valence-electron chi connectivity index (χ3n) is 4.12. The summed E-state index contributed by atoms with van der Waals surface area (Å²) >= 11 is 7.16. The second kappa shape index (κ2) is 8.02. The highest BCUT2D eigenvalue weighted by molar-refractivity contribution is 7.18. The minimum Gasteiger partial charge on any atom is -0.452 e. The smallest absolute Gasteiger partial charge is 0.341 e. The molecule has 1 atom stereocenters. The zero-order chi connectivity index (χ0) is 19.6. The van der Waals surface area contributed by atoms with Crippen LogP contribution in [0.1, 0.15) is 28.3 Å². The van der Waals surface area contributed by atoms with Crippen LogP contribution in [0.4, 0.5) is 4.39 Å². The highest BCUT2D eigenvalue weighted by atomic mass is 35.5. The largest absolute Gasteiger partial charge is 0.452 e. The van der Waals surface area contributed by atoms with Crippen LogP contribution in [0.25, 0.3) is 10.2 Å². The Labute approximate surface area is 164 Å². The molecule has 3 aromatic rings. The maximum absolute atomic E-state index is 13.7. The van der Waals surface area contributed by atoms with Gasteiger partial charge in [-0.05, 0) is 37.3 Å². The van der Waals surface area contributed by atoms with E-state index in [1.165, 1.54) is 28.4 Å². The molecule has 0 spiro atoms. The molecule has 1 heterocycles. The van der Waals surface area contributed by atoms with Crippen molar-refractivity contribution in [3.63, 3.8) is 0 Å². The van der Waals surface area contributed by atoms with Crippen molar-refractivity contribution in [1.29, 1.82) is 0 Å². The molecule has 2 aromatic carbocycles. The van der Waals surface area contributed by atoms with E-state index >= 15 is 0 Å². The van der Waals surface area contributed by atoms with Gasteiger partial charge in [-0.15, -0.1) is 11.3 Å². The van der Waals surface area contributed by atoms with Crippen molar-refractivity contribution < 1.29 is 18.7 Å². The lowest BCUT2D eigenvalue weighted by Crippen LogP contribution is -2.33. The topological polar surface area (TPSA) is 59.5 Å². The maximum atomic E-state index is 13.7. The van der Waals surface area contributed by atoms with E-state index in [-0.39, 0.29) is 16.6 Å². The quantitative estimate of drug-likeness (QED) is 0.587. The molecule has 140 valence electrons. The number of hydrogen-bond acceptors (Lipinski definition) is 5. The van der Waals surface area contributed by atoms with Gasteiger partial charge in [-0.25, -0.2) is 14.2 Å². The van der Waals surface area contributed by atoms with Crippen LogP contribution < -0.4 is 0 Å². The molecule has 0 radical (unpaired) electrons. The van der Waals surface area contributed by atoms with Crippen molar-refractivity contribution in [1.82, 2.24) is 9.88 Å². The van der Waals surface area contributed by atoms with Crippen LogP contribution in [0.3, 0.4) is 0 Å². The molecular formula is C19H16ClFN2O3S. The third-order valence-corrected chi connectivity index (χ3v) is 5.56. The van der Waals surface area contributed by atoms with E-state index in [9.17, 15) is 14.0 Å². The second-order valence-electron chi connectivity index (χ2n) is 5.90. The summed E-state index contributed by atoms with van der Waals surface area (Å²) in [6.07, 6.45) is 0. The summed E-state index contributed by atoms with van der Waals surface area (Å²) < 4.78 is 19.7. The number of halogens is 2. The first-order chi connectivity index (χ1) is 12.9. The molecule has 1 amide bonds. The van der Waals surface area contributed by atoms with Crippen LogP contribution in [0, 0.1) is 5.82 Å². The standard InChI is InChI=1S/C19H16ClFN2O3S/c1-11(18-22-15-5-3-4-6-16(15)27-18)23(2)17(24)10-26-19(25)13-8-7-12(20)9-14(13)21/h3-9,11H,10H2,1-2H3/t11-/m0/s1. The van der Waals surface area contributed by atoms with Gasteiger partial charge in [-0.2, -0.15) is 0 Å². The molecule has 0 fully saturated rings. The number of esters is 1. The molecule has 8 heteroatoms. The molecule has 0 aliphatic carbocycles. The van der Waals surface area contributed by atoms with Gasteiger partial charge in [0.15, 0.2) is 6.61 Å². The van der Waals surface area contributed by atoms with E-state index in [0.717, 1.165) is 21.3 Å². The average molecular weight is 407 g/mol. The van der Waals surface area contributed by atoms with E-state index in [1.54, 1.807) is 7.05 Å². The Bertz CT molecular complexity index is 975. The van der Waals surface area contributed by atoms with Crippen molar-refractivity contribution in [2.45, 2.75) is 13.0 Å². The number of fused-ring (bicyclic) bond motifs is 1. The fourth-order valence-corrected chi connectivity index (χ4v) is 3.63. The zero-order valence-electron chi connectivity index (χ0n) is 14.6. The summed E-state index contributed by atoms with van der Waals surface area (Å²) in [5.41, 5.74) is 0.601. The van der Waals surface area contributed by atoms with E-state index in [2.05, 4.69) is 4.98 Å². The summed E-state index contributed by atoms with van der Waals surface area (Å²) in [4.78, 5) is 30.3. The Balaban J connectivity index is 1.63. The first-order valence-electron chi connectivity index (χ1n) is 8.10. The van der Waals surface area contributed by atoms with Crippen LogP contribution in [0.15, 0.2) is 42.5 Å². The number of aromatic nitrogens is 1. The van der Waals surface area contributed by atoms with Crippen molar-refractivity contribution in [3.05, 3.63) is 63.9 Å². The molecule has 27 heavy (non-hydrogen) atoms. The zero-order valence-corrected chi connectivity index (χ0v) is 16.2. The Morgan fingerprint density at radius 1 is 1.30 bits per heavy atom. The van der Waals surface area contributed by atoms with Gasteiger partial charge in [0.05, 0.1) is 21.8 Å². The number of nitrogens with zero attached hydrogens (tertiary/aromatic N) is 2. The van der Waals surface area contributed by atoms with Gasteiger partial charge in [0.2, 0.25) is 0 Å². The first-order valence-corrected chi connectivity index (χ1v) is 9.29. The van der Waals surface area contributed by atoms with E-state index in [0.29, 0.717) is 0 Å². The number of rotatable bonds is 5. The molecule has 0 aliphatic heterocycles. The number of benzene rings is 2. The number of likely N-dealkylation sites (N-methyl/N-ethyl adjacent to an activating group) is 1. The molecular weight excluding hydrogens is 391 g/mol.